The second-order valence-corrected chi connectivity index (χ2v) is 7.49. The Labute approximate surface area is 139 Å². The molecule has 132 valence electrons. The van der Waals surface area contributed by atoms with E-state index in [1.165, 1.54) is 32.1 Å². The zero-order chi connectivity index (χ0) is 16.8. The standard InChI is InChI=1S/C18H32N2O3/c1-12(8-9-14-6-4-3-5-7-14)19-18(23)16(13(2)21)20-17(22)15-10-11-15/h12-16,21H,3-11H2,1-2H3,(H,19,23)(H,20,22). The maximum atomic E-state index is 12.3. The Balaban J connectivity index is 1.73. The van der Waals surface area contributed by atoms with Gasteiger partial charge in [0.2, 0.25) is 11.8 Å². The Bertz CT molecular complexity index is 401. The van der Waals surface area contributed by atoms with E-state index in [1.807, 2.05) is 6.92 Å². The van der Waals surface area contributed by atoms with Gasteiger partial charge in [0.15, 0.2) is 0 Å². The molecule has 3 atom stereocenters. The van der Waals surface area contributed by atoms with Crippen LogP contribution in [0.15, 0.2) is 0 Å². The number of aliphatic hydroxyl groups excluding tert-OH is 1. The molecule has 2 aliphatic carbocycles. The van der Waals surface area contributed by atoms with Gasteiger partial charge in [-0.25, -0.2) is 0 Å². The Morgan fingerprint density at radius 2 is 1.70 bits per heavy atom. The van der Waals surface area contributed by atoms with Crippen LogP contribution in [0.2, 0.25) is 0 Å². The lowest BCUT2D eigenvalue weighted by Crippen LogP contribution is -2.54. The molecule has 0 aliphatic heterocycles. The van der Waals surface area contributed by atoms with Gasteiger partial charge in [-0.15, -0.1) is 0 Å². The molecule has 5 nitrogen and oxygen atoms in total. The molecule has 0 aromatic rings. The van der Waals surface area contributed by atoms with E-state index >= 15 is 0 Å². The normalized spacial score (nSPS) is 22.9. The zero-order valence-corrected chi connectivity index (χ0v) is 14.5. The number of carbonyl (C=O) groups is 2. The molecule has 0 spiro atoms. The summed E-state index contributed by atoms with van der Waals surface area (Å²) in [7, 11) is 0. The van der Waals surface area contributed by atoms with Crippen LogP contribution in [0, 0.1) is 11.8 Å². The summed E-state index contributed by atoms with van der Waals surface area (Å²) >= 11 is 0. The van der Waals surface area contributed by atoms with Crippen LogP contribution in [-0.2, 0) is 9.59 Å². The molecule has 3 N–H and O–H groups in total. The number of hydrogen-bond acceptors (Lipinski definition) is 3. The molecule has 0 bridgehead atoms. The minimum absolute atomic E-state index is 0.0350. The van der Waals surface area contributed by atoms with Gasteiger partial charge in [0, 0.05) is 12.0 Å². The van der Waals surface area contributed by atoms with E-state index in [0.717, 1.165) is 31.6 Å². The van der Waals surface area contributed by atoms with Gasteiger partial charge in [-0.3, -0.25) is 9.59 Å². The number of rotatable bonds is 8. The highest BCUT2D eigenvalue weighted by Gasteiger charge is 2.34. The second kappa shape index (κ2) is 8.67. The molecular formula is C18H32N2O3. The van der Waals surface area contributed by atoms with Crippen molar-refractivity contribution >= 4 is 11.8 Å². The highest BCUT2D eigenvalue weighted by Crippen LogP contribution is 2.29. The molecule has 2 rings (SSSR count). The predicted molar refractivity (Wildman–Crippen MR) is 89.7 cm³/mol. The lowest BCUT2D eigenvalue weighted by Gasteiger charge is -2.25. The third-order valence-electron chi connectivity index (χ3n) is 5.13. The van der Waals surface area contributed by atoms with Crippen LogP contribution in [0.25, 0.3) is 0 Å². The molecule has 2 fully saturated rings. The van der Waals surface area contributed by atoms with E-state index < -0.39 is 12.1 Å². The van der Waals surface area contributed by atoms with E-state index in [0.29, 0.717) is 0 Å². The van der Waals surface area contributed by atoms with Crippen molar-refractivity contribution in [1.82, 2.24) is 10.6 Å². The smallest absolute Gasteiger partial charge is 0.245 e. The summed E-state index contributed by atoms with van der Waals surface area (Å²) in [4.78, 5) is 24.2. The molecular weight excluding hydrogens is 292 g/mol. The fourth-order valence-electron chi connectivity index (χ4n) is 3.39. The minimum Gasteiger partial charge on any atom is -0.391 e. The molecule has 0 heterocycles. The maximum absolute atomic E-state index is 12.3. The topological polar surface area (TPSA) is 78.4 Å². The summed E-state index contributed by atoms with van der Waals surface area (Å²) in [6, 6.07) is -0.774. The van der Waals surface area contributed by atoms with E-state index in [1.54, 1.807) is 6.92 Å². The van der Waals surface area contributed by atoms with Crippen molar-refractivity contribution in [3.8, 4) is 0 Å². The number of carbonyl (C=O) groups excluding carboxylic acids is 2. The molecule has 0 aromatic carbocycles. The van der Waals surface area contributed by atoms with Gasteiger partial charge in [-0.1, -0.05) is 32.1 Å². The fourth-order valence-corrected chi connectivity index (χ4v) is 3.39. The van der Waals surface area contributed by atoms with E-state index in [2.05, 4.69) is 10.6 Å². The SMILES string of the molecule is CC(CCC1CCCCC1)NC(=O)C(NC(=O)C1CC1)C(C)O. The first-order valence-electron chi connectivity index (χ1n) is 9.26. The van der Waals surface area contributed by atoms with Crippen LogP contribution >= 0.6 is 0 Å². The Morgan fingerprint density at radius 3 is 2.26 bits per heavy atom. The lowest BCUT2D eigenvalue weighted by atomic mass is 9.85. The van der Waals surface area contributed by atoms with Crippen molar-refractivity contribution in [2.24, 2.45) is 11.8 Å². The third kappa shape index (κ3) is 6.13. The summed E-state index contributed by atoms with van der Waals surface area (Å²) in [5, 5.41) is 15.4. The number of aliphatic hydroxyl groups is 1. The van der Waals surface area contributed by atoms with Crippen molar-refractivity contribution in [3.05, 3.63) is 0 Å². The summed E-state index contributed by atoms with van der Waals surface area (Å²) in [5.41, 5.74) is 0. The van der Waals surface area contributed by atoms with Crippen molar-refractivity contribution in [2.45, 2.75) is 89.8 Å². The molecule has 2 amide bonds. The molecule has 2 saturated carbocycles. The quantitative estimate of drug-likeness (QED) is 0.640. The average molecular weight is 324 g/mol. The Hall–Kier alpha value is -1.10. The number of hydrogen-bond donors (Lipinski definition) is 3. The monoisotopic (exact) mass is 324 g/mol. The summed E-state index contributed by atoms with van der Waals surface area (Å²) in [6.45, 7) is 3.55. The fraction of sp³-hybridized carbons (Fsp3) is 0.889. The van der Waals surface area contributed by atoms with E-state index in [4.69, 9.17) is 0 Å². The van der Waals surface area contributed by atoms with E-state index in [9.17, 15) is 14.7 Å². The van der Waals surface area contributed by atoms with Gasteiger partial charge >= 0.3 is 0 Å². The predicted octanol–water partition coefficient (Wildman–Crippen LogP) is 2.13. The molecule has 2 aliphatic rings. The zero-order valence-electron chi connectivity index (χ0n) is 14.5. The van der Waals surface area contributed by atoms with Gasteiger partial charge in [-0.2, -0.15) is 0 Å². The van der Waals surface area contributed by atoms with Gasteiger partial charge < -0.3 is 15.7 Å². The van der Waals surface area contributed by atoms with Crippen LogP contribution in [0.1, 0.15) is 71.6 Å². The summed E-state index contributed by atoms with van der Waals surface area (Å²) < 4.78 is 0. The average Bonchev–Trinajstić information content (AvgIpc) is 3.35. The minimum atomic E-state index is -0.886. The molecule has 3 unspecified atom stereocenters. The van der Waals surface area contributed by atoms with Crippen molar-refractivity contribution in [3.63, 3.8) is 0 Å². The van der Waals surface area contributed by atoms with Crippen molar-refractivity contribution in [1.29, 1.82) is 0 Å². The van der Waals surface area contributed by atoms with Gasteiger partial charge in [0.1, 0.15) is 6.04 Å². The molecule has 5 heteroatoms. The maximum Gasteiger partial charge on any atom is 0.245 e. The second-order valence-electron chi connectivity index (χ2n) is 7.49. The summed E-state index contributed by atoms with van der Waals surface area (Å²) in [6.07, 6.45) is 9.65. The third-order valence-corrected chi connectivity index (χ3v) is 5.13. The van der Waals surface area contributed by atoms with Gasteiger partial charge in [0.05, 0.1) is 6.10 Å². The largest absolute Gasteiger partial charge is 0.391 e. The molecule has 0 saturated heterocycles. The van der Waals surface area contributed by atoms with Crippen molar-refractivity contribution < 1.29 is 14.7 Å². The molecule has 23 heavy (non-hydrogen) atoms. The highest BCUT2D eigenvalue weighted by molar-refractivity contribution is 5.89. The van der Waals surface area contributed by atoms with Crippen LogP contribution in [0.3, 0.4) is 0 Å². The Kier molecular flexibility index (Phi) is 6.88. The first-order chi connectivity index (χ1) is 11.0. The van der Waals surface area contributed by atoms with Crippen LogP contribution in [0.4, 0.5) is 0 Å². The lowest BCUT2D eigenvalue weighted by molar-refractivity contribution is -0.132. The van der Waals surface area contributed by atoms with Gasteiger partial charge in [-0.05, 0) is 45.4 Å². The molecule has 0 radical (unpaired) electrons. The van der Waals surface area contributed by atoms with Crippen molar-refractivity contribution in [2.75, 3.05) is 0 Å². The molecule has 0 aromatic heterocycles. The van der Waals surface area contributed by atoms with E-state index in [-0.39, 0.29) is 23.8 Å². The first-order valence-corrected chi connectivity index (χ1v) is 9.26. The van der Waals surface area contributed by atoms with Crippen LogP contribution < -0.4 is 10.6 Å². The number of amides is 2. The van der Waals surface area contributed by atoms with Crippen LogP contribution in [0.5, 0.6) is 0 Å². The Morgan fingerprint density at radius 1 is 1.04 bits per heavy atom. The number of nitrogens with one attached hydrogen (secondary N) is 2. The van der Waals surface area contributed by atoms with Gasteiger partial charge in [0.25, 0.3) is 0 Å². The first kappa shape index (κ1) is 18.2. The summed E-state index contributed by atoms with van der Waals surface area (Å²) in [5.74, 6) is 0.448. The highest BCUT2D eigenvalue weighted by atomic mass is 16.3. The van der Waals surface area contributed by atoms with Crippen LogP contribution in [-0.4, -0.2) is 35.1 Å².